The number of rotatable bonds is 4. The molecule has 5 atom stereocenters. The summed E-state index contributed by atoms with van der Waals surface area (Å²) in [5.74, 6) is 0. The van der Waals surface area contributed by atoms with E-state index >= 15 is 0 Å². The van der Waals surface area contributed by atoms with E-state index in [0.717, 1.165) is 5.56 Å². The highest BCUT2D eigenvalue weighted by Crippen LogP contribution is 2.34. The van der Waals surface area contributed by atoms with Gasteiger partial charge in [0.25, 0.3) is 0 Å². The van der Waals surface area contributed by atoms with Gasteiger partial charge < -0.3 is 19.7 Å². The first-order chi connectivity index (χ1) is 10.0. The summed E-state index contributed by atoms with van der Waals surface area (Å²) in [6.07, 6.45) is -2.73. The molecule has 1 aromatic carbocycles. The van der Waals surface area contributed by atoms with Crippen LogP contribution < -0.4 is 0 Å². The van der Waals surface area contributed by atoms with Crippen molar-refractivity contribution in [3.63, 3.8) is 0 Å². The summed E-state index contributed by atoms with van der Waals surface area (Å²) < 4.78 is 10.7. The Kier molecular flexibility index (Phi) is 4.82. The summed E-state index contributed by atoms with van der Waals surface area (Å²) in [5.41, 5.74) is 7.74. The maximum atomic E-state index is 10.9. The molecule has 0 saturated carbocycles. The van der Waals surface area contributed by atoms with Crippen molar-refractivity contribution in [1.29, 1.82) is 0 Å². The number of hydrogen-bond acceptors (Lipinski definition) is 5. The summed E-state index contributed by atoms with van der Waals surface area (Å²) >= 11 is 0. The molecule has 1 fully saturated rings. The van der Waals surface area contributed by atoms with E-state index in [1.54, 1.807) is 6.92 Å². The van der Waals surface area contributed by atoms with Gasteiger partial charge in [-0.2, -0.15) is 0 Å². The maximum absolute atomic E-state index is 10.9. The Balaban J connectivity index is 2.33. The highest BCUT2D eigenvalue weighted by Gasteiger charge is 2.54. The van der Waals surface area contributed by atoms with Crippen LogP contribution in [0.25, 0.3) is 10.4 Å². The van der Waals surface area contributed by atoms with Gasteiger partial charge in [-0.25, -0.2) is 0 Å². The van der Waals surface area contributed by atoms with Gasteiger partial charge in [-0.3, -0.25) is 0 Å². The van der Waals surface area contributed by atoms with E-state index in [9.17, 15) is 10.2 Å². The van der Waals surface area contributed by atoms with Gasteiger partial charge >= 0.3 is 0 Å². The van der Waals surface area contributed by atoms with Gasteiger partial charge in [0.05, 0.1) is 18.2 Å². The summed E-state index contributed by atoms with van der Waals surface area (Å²) in [6.45, 7) is 1.66. The molecular formula is C14H19N3O4. The van der Waals surface area contributed by atoms with E-state index in [4.69, 9.17) is 15.0 Å². The van der Waals surface area contributed by atoms with Crippen LogP contribution in [0.2, 0.25) is 0 Å². The summed E-state index contributed by atoms with van der Waals surface area (Å²) in [7, 11) is 1.40. The molecule has 1 heterocycles. The fraction of sp³-hybridized carbons (Fsp3) is 0.571. The lowest BCUT2D eigenvalue weighted by Crippen LogP contribution is -2.66. The second kappa shape index (κ2) is 6.43. The molecule has 0 unspecified atom stereocenters. The van der Waals surface area contributed by atoms with Crippen LogP contribution in [0, 0.1) is 0 Å². The molecular weight excluding hydrogens is 274 g/mol. The zero-order valence-corrected chi connectivity index (χ0v) is 12.0. The van der Waals surface area contributed by atoms with Crippen LogP contribution in [-0.4, -0.2) is 47.5 Å². The number of hydrogen-bond donors (Lipinski definition) is 2. The lowest BCUT2D eigenvalue weighted by Gasteiger charge is -2.47. The van der Waals surface area contributed by atoms with Crippen molar-refractivity contribution < 1.29 is 19.7 Å². The van der Waals surface area contributed by atoms with Crippen molar-refractivity contribution in [2.45, 2.75) is 43.5 Å². The van der Waals surface area contributed by atoms with Crippen molar-refractivity contribution in [2.75, 3.05) is 7.11 Å². The Morgan fingerprint density at radius 3 is 2.67 bits per heavy atom. The van der Waals surface area contributed by atoms with Crippen molar-refractivity contribution in [1.82, 2.24) is 0 Å². The molecule has 114 valence electrons. The van der Waals surface area contributed by atoms with E-state index in [2.05, 4.69) is 10.0 Å². The molecule has 1 aliphatic rings. The first-order valence-corrected chi connectivity index (χ1v) is 6.69. The Morgan fingerprint density at radius 2 is 2.10 bits per heavy atom. The molecule has 1 saturated heterocycles. The quantitative estimate of drug-likeness (QED) is 0.497. The Hall–Kier alpha value is -1.63. The molecule has 0 aromatic heterocycles. The lowest BCUT2D eigenvalue weighted by atomic mass is 9.81. The smallest absolute Gasteiger partial charge is 0.189 e. The minimum absolute atomic E-state index is 0.123. The van der Waals surface area contributed by atoms with E-state index in [0.29, 0.717) is 0 Å². The molecule has 2 N–H and O–H groups in total. The second-order valence-corrected chi connectivity index (χ2v) is 5.20. The van der Waals surface area contributed by atoms with Crippen LogP contribution in [-0.2, 0) is 15.9 Å². The molecule has 2 rings (SSSR count). The number of ether oxygens (including phenoxy) is 2. The fourth-order valence-electron chi connectivity index (χ4n) is 2.67. The van der Waals surface area contributed by atoms with Gasteiger partial charge in [0, 0.05) is 18.4 Å². The van der Waals surface area contributed by atoms with Crippen LogP contribution in [0.1, 0.15) is 12.5 Å². The molecule has 7 nitrogen and oxygen atoms in total. The Labute approximate surface area is 122 Å². The van der Waals surface area contributed by atoms with E-state index < -0.39 is 30.1 Å². The summed E-state index contributed by atoms with van der Waals surface area (Å²) in [6, 6.07) is 8.32. The van der Waals surface area contributed by atoms with Crippen LogP contribution in [0.5, 0.6) is 0 Å². The second-order valence-electron chi connectivity index (χ2n) is 5.20. The molecule has 1 aromatic rings. The molecule has 0 aliphatic carbocycles. The first-order valence-electron chi connectivity index (χ1n) is 6.69. The van der Waals surface area contributed by atoms with Crippen LogP contribution in [0.3, 0.4) is 0 Å². The van der Waals surface area contributed by atoms with Crippen molar-refractivity contribution in [2.24, 2.45) is 5.11 Å². The minimum Gasteiger partial charge on any atom is -0.389 e. The third-order valence-corrected chi connectivity index (χ3v) is 3.79. The van der Waals surface area contributed by atoms with Gasteiger partial charge in [-0.1, -0.05) is 35.4 Å². The molecule has 1 aliphatic heterocycles. The number of azide groups is 1. The van der Waals surface area contributed by atoms with Crippen molar-refractivity contribution in [3.8, 4) is 0 Å². The van der Waals surface area contributed by atoms with Crippen molar-refractivity contribution >= 4 is 0 Å². The van der Waals surface area contributed by atoms with E-state index in [1.807, 2.05) is 30.3 Å². The van der Waals surface area contributed by atoms with E-state index in [-0.39, 0.29) is 6.42 Å². The highest BCUT2D eigenvalue weighted by atomic mass is 16.7. The summed E-state index contributed by atoms with van der Waals surface area (Å²) in [5, 5.41) is 24.9. The third-order valence-electron chi connectivity index (χ3n) is 3.79. The topological polar surface area (TPSA) is 108 Å². The summed E-state index contributed by atoms with van der Waals surface area (Å²) in [4.78, 5) is 2.72. The van der Waals surface area contributed by atoms with Gasteiger partial charge in [-0.05, 0) is 18.0 Å². The number of nitrogens with zero attached hydrogens (tertiary/aromatic N) is 3. The lowest BCUT2D eigenvalue weighted by molar-refractivity contribution is -0.307. The Morgan fingerprint density at radius 1 is 1.43 bits per heavy atom. The molecule has 7 heteroatoms. The van der Waals surface area contributed by atoms with Gasteiger partial charge in [-0.15, -0.1) is 0 Å². The van der Waals surface area contributed by atoms with Crippen LogP contribution >= 0.6 is 0 Å². The minimum atomic E-state index is -1.69. The van der Waals surface area contributed by atoms with Crippen LogP contribution in [0.15, 0.2) is 35.4 Å². The number of methoxy groups -OCH3 is 1. The van der Waals surface area contributed by atoms with Gasteiger partial charge in [0.2, 0.25) is 0 Å². The normalized spacial score (nSPS) is 36.0. The van der Waals surface area contributed by atoms with Crippen molar-refractivity contribution in [3.05, 3.63) is 46.3 Å². The fourth-order valence-corrected chi connectivity index (χ4v) is 2.67. The monoisotopic (exact) mass is 293 g/mol. The highest BCUT2D eigenvalue weighted by molar-refractivity contribution is 5.19. The van der Waals surface area contributed by atoms with Gasteiger partial charge in [0.1, 0.15) is 5.60 Å². The average Bonchev–Trinajstić information content (AvgIpc) is 2.49. The average molecular weight is 293 g/mol. The molecule has 0 radical (unpaired) electrons. The van der Waals surface area contributed by atoms with Crippen LogP contribution in [0.4, 0.5) is 0 Å². The number of aliphatic hydroxyl groups excluding tert-OH is 1. The first kappa shape index (κ1) is 15.8. The third kappa shape index (κ3) is 3.02. The number of aliphatic hydroxyl groups is 2. The standard InChI is InChI=1S/C14H19N3O4/c1-9-11(16-17-15)12(18)14(19,13(20-2)21-9)8-10-6-4-3-5-7-10/h3-7,9,11-13,18-19H,8H2,1-2H3/t9-,11-,12-,13+,14+/m1/s1. The largest absolute Gasteiger partial charge is 0.389 e. The molecule has 21 heavy (non-hydrogen) atoms. The predicted molar refractivity (Wildman–Crippen MR) is 75.4 cm³/mol. The van der Waals surface area contributed by atoms with Gasteiger partial charge in [0.15, 0.2) is 6.29 Å². The van der Waals surface area contributed by atoms with E-state index in [1.165, 1.54) is 7.11 Å². The number of benzene rings is 1. The SMILES string of the molecule is CO[C@H]1O[C@H](C)[C@@H](N=[N+]=[N-])[C@@H](O)[C@@]1(O)Cc1ccccc1. The molecule has 0 amide bonds. The zero-order valence-electron chi connectivity index (χ0n) is 12.0. The molecule has 0 bridgehead atoms. The Bertz CT molecular complexity index is 520. The maximum Gasteiger partial charge on any atom is 0.189 e. The predicted octanol–water partition coefficient (Wildman–Crippen LogP) is 1.39. The zero-order chi connectivity index (χ0) is 15.5. The molecule has 0 spiro atoms.